The zero-order chi connectivity index (χ0) is 26.4. The number of halogens is 2. The van der Waals surface area contributed by atoms with Gasteiger partial charge in [-0.25, -0.2) is 0 Å². The lowest BCUT2D eigenvalue weighted by atomic mass is 10.1. The molecule has 0 fully saturated rings. The molecule has 0 bridgehead atoms. The van der Waals surface area contributed by atoms with Crippen LogP contribution in [0.4, 0.5) is 11.4 Å². The molecule has 2 amide bonds. The molecule has 0 unspecified atom stereocenters. The first-order valence-corrected chi connectivity index (χ1v) is 12.3. The summed E-state index contributed by atoms with van der Waals surface area (Å²) < 4.78 is 5.74. The number of thiocarbonyl (C=S) groups is 1. The third kappa shape index (κ3) is 7.54. The van der Waals surface area contributed by atoms with Crippen molar-refractivity contribution in [2.45, 2.75) is 6.92 Å². The normalized spacial score (nSPS) is 10.8. The van der Waals surface area contributed by atoms with E-state index in [0.29, 0.717) is 38.5 Å². The summed E-state index contributed by atoms with van der Waals surface area (Å²) >= 11 is 17.3. The Balaban J connectivity index is 1.28. The van der Waals surface area contributed by atoms with Gasteiger partial charge in [-0.2, -0.15) is 0 Å². The second kappa shape index (κ2) is 11.9. The van der Waals surface area contributed by atoms with E-state index in [4.69, 9.17) is 39.8 Å². The maximum Gasteiger partial charge on any atom is 0.255 e. The van der Waals surface area contributed by atoms with Crippen LogP contribution < -0.4 is 16.0 Å². The number of carbonyl (C=O) groups excluding carboxylic acids is 2. The first-order valence-electron chi connectivity index (χ1n) is 11.1. The largest absolute Gasteiger partial charge is 0.457 e. The van der Waals surface area contributed by atoms with Crippen molar-refractivity contribution in [2.75, 3.05) is 10.6 Å². The second-order valence-electron chi connectivity index (χ2n) is 8.04. The Bertz CT molecular complexity index is 1480. The highest BCUT2D eigenvalue weighted by molar-refractivity contribution is 7.80. The number of carbonyl (C=O) groups is 2. The molecule has 4 rings (SSSR count). The monoisotopic (exact) mass is 549 g/mol. The third-order valence-corrected chi connectivity index (χ3v) is 5.73. The molecule has 0 aliphatic heterocycles. The van der Waals surface area contributed by atoms with Crippen molar-refractivity contribution in [2.24, 2.45) is 0 Å². The number of benzene rings is 3. The van der Waals surface area contributed by atoms with Crippen molar-refractivity contribution in [3.8, 4) is 11.3 Å². The van der Waals surface area contributed by atoms with Gasteiger partial charge in [0.05, 0.1) is 0 Å². The van der Waals surface area contributed by atoms with E-state index in [9.17, 15) is 9.59 Å². The summed E-state index contributed by atoms with van der Waals surface area (Å²) in [6.07, 6.45) is 2.84. The summed E-state index contributed by atoms with van der Waals surface area (Å²) in [5.74, 6) is 0.422. The second-order valence-corrected chi connectivity index (χ2v) is 9.32. The first-order chi connectivity index (χ1) is 17.7. The molecule has 0 aliphatic carbocycles. The third-order valence-electron chi connectivity index (χ3n) is 5.09. The van der Waals surface area contributed by atoms with Crippen LogP contribution in [0, 0.1) is 6.92 Å². The Labute approximate surface area is 229 Å². The molecule has 186 valence electrons. The Morgan fingerprint density at radius 1 is 0.865 bits per heavy atom. The zero-order valence-electron chi connectivity index (χ0n) is 19.5. The molecule has 3 N–H and O–H groups in total. The number of hydrogen-bond donors (Lipinski definition) is 3. The molecule has 1 heterocycles. The van der Waals surface area contributed by atoms with Gasteiger partial charge < -0.3 is 15.1 Å². The van der Waals surface area contributed by atoms with Crippen molar-refractivity contribution in [3.63, 3.8) is 0 Å². The van der Waals surface area contributed by atoms with Crippen molar-refractivity contribution in [3.05, 3.63) is 112 Å². The van der Waals surface area contributed by atoms with Gasteiger partial charge in [0.15, 0.2) is 5.11 Å². The lowest BCUT2D eigenvalue weighted by Gasteiger charge is -2.10. The smallest absolute Gasteiger partial charge is 0.255 e. The number of furan rings is 1. The Hall–Kier alpha value is -3.91. The molecule has 0 spiro atoms. The molecular formula is C28H21Cl2N3O3S. The summed E-state index contributed by atoms with van der Waals surface area (Å²) in [4.78, 5) is 24.7. The van der Waals surface area contributed by atoms with E-state index < -0.39 is 5.91 Å². The van der Waals surface area contributed by atoms with Crippen LogP contribution in [0.2, 0.25) is 10.0 Å². The molecule has 0 atom stereocenters. The van der Waals surface area contributed by atoms with Crippen molar-refractivity contribution >= 4 is 69.8 Å². The number of rotatable bonds is 6. The van der Waals surface area contributed by atoms with Crippen LogP contribution in [0.25, 0.3) is 17.4 Å². The minimum atomic E-state index is -0.428. The SMILES string of the molecule is Cc1cccc(C(=O)Nc2ccc(NC(=S)NC(=O)/C=C/c3ccc(-c4cc(Cl)cc(Cl)c4)o3)cc2)c1. The Kier molecular flexibility index (Phi) is 8.40. The predicted molar refractivity (Wildman–Crippen MR) is 153 cm³/mol. The Morgan fingerprint density at radius 2 is 1.54 bits per heavy atom. The molecule has 6 nitrogen and oxygen atoms in total. The number of anilines is 2. The molecule has 1 aromatic heterocycles. The summed E-state index contributed by atoms with van der Waals surface area (Å²) in [6.45, 7) is 1.93. The molecule has 0 aliphatic rings. The van der Waals surface area contributed by atoms with Gasteiger partial charge in [-0.05, 0) is 91.9 Å². The first kappa shape index (κ1) is 26.2. The van der Waals surface area contributed by atoms with Gasteiger partial charge >= 0.3 is 0 Å². The molecule has 9 heteroatoms. The van der Waals surface area contributed by atoms with Gasteiger partial charge in [0.2, 0.25) is 5.91 Å². The molecule has 37 heavy (non-hydrogen) atoms. The highest BCUT2D eigenvalue weighted by Gasteiger charge is 2.08. The minimum Gasteiger partial charge on any atom is -0.457 e. The van der Waals surface area contributed by atoms with Crippen LogP contribution in [-0.2, 0) is 4.79 Å². The van der Waals surface area contributed by atoms with E-state index in [1.807, 2.05) is 25.1 Å². The highest BCUT2D eigenvalue weighted by Crippen LogP contribution is 2.29. The zero-order valence-corrected chi connectivity index (χ0v) is 21.9. The lowest BCUT2D eigenvalue weighted by molar-refractivity contribution is -0.115. The summed E-state index contributed by atoms with van der Waals surface area (Å²) in [5.41, 5.74) is 3.60. The highest BCUT2D eigenvalue weighted by atomic mass is 35.5. The summed E-state index contributed by atoms with van der Waals surface area (Å²) in [7, 11) is 0. The number of hydrogen-bond acceptors (Lipinski definition) is 4. The van der Waals surface area contributed by atoms with E-state index in [-0.39, 0.29) is 11.0 Å². The number of nitrogens with one attached hydrogen (secondary N) is 3. The van der Waals surface area contributed by atoms with Gasteiger partial charge in [-0.15, -0.1) is 0 Å². The number of amides is 2. The maximum atomic E-state index is 12.4. The van der Waals surface area contributed by atoms with Gasteiger partial charge in [-0.3, -0.25) is 14.9 Å². The topological polar surface area (TPSA) is 83.4 Å². The quantitative estimate of drug-likeness (QED) is 0.173. The fraction of sp³-hybridized carbons (Fsp3) is 0.0357. The van der Waals surface area contributed by atoms with Crippen molar-refractivity contribution < 1.29 is 14.0 Å². The standard InChI is InChI=1S/C28H21Cl2N3O3S/c1-17-3-2-4-18(13-17)27(35)31-22-5-7-23(8-6-22)32-28(37)33-26(34)12-10-24-9-11-25(36-24)19-14-20(29)16-21(30)15-19/h2-16H,1H3,(H,31,35)(H2,32,33,34,37)/b12-10+. The molecule has 3 aromatic carbocycles. The minimum absolute atomic E-state index is 0.125. The van der Waals surface area contributed by atoms with Crippen LogP contribution in [0.1, 0.15) is 21.7 Å². The van der Waals surface area contributed by atoms with E-state index in [2.05, 4.69) is 16.0 Å². The average Bonchev–Trinajstić information content (AvgIpc) is 3.33. The van der Waals surface area contributed by atoms with E-state index in [1.165, 1.54) is 12.2 Å². The maximum absolute atomic E-state index is 12.4. The van der Waals surface area contributed by atoms with Crippen LogP contribution in [0.15, 0.2) is 89.4 Å². The van der Waals surface area contributed by atoms with E-state index in [1.54, 1.807) is 60.7 Å². The van der Waals surface area contributed by atoms with Gasteiger partial charge in [-0.1, -0.05) is 40.9 Å². The van der Waals surface area contributed by atoms with E-state index >= 15 is 0 Å². The molecule has 0 saturated heterocycles. The Morgan fingerprint density at radius 3 is 2.22 bits per heavy atom. The van der Waals surface area contributed by atoms with Crippen LogP contribution in [0.5, 0.6) is 0 Å². The number of aryl methyl sites for hydroxylation is 1. The average molecular weight is 550 g/mol. The van der Waals surface area contributed by atoms with Crippen LogP contribution in [-0.4, -0.2) is 16.9 Å². The molecule has 0 radical (unpaired) electrons. The fourth-order valence-electron chi connectivity index (χ4n) is 3.39. The van der Waals surface area contributed by atoms with Gasteiger partial charge in [0, 0.05) is 38.6 Å². The summed E-state index contributed by atoms with van der Waals surface area (Å²) in [5, 5.41) is 9.47. The predicted octanol–water partition coefficient (Wildman–Crippen LogP) is 7.34. The van der Waals surface area contributed by atoms with Crippen molar-refractivity contribution in [1.82, 2.24) is 5.32 Å². The van der Waals surface area contributed by atoms with Crippen LogP contribution >= 0.6 is 35.4 Å². The van der Waals surface area contributed by atoms with E-state index in [0.717, 1.165) is 11.1 Å². The van der Waals surface area contributed by atoms with Gasteiger partial charge in [0.1, 0.15) is 11.5 Å². The molecular weight excluding hydrogens is 529 g/mol. The fourth-order valence-corrected chi connectivity index (χ4v) is 4.14. The van der Waals surface area contributed by atoms with Crippen molar-refractivity contribution in [1.29, 1.82) is 0 Å². The summed E-state index contributed by atoms with van der Waals surface area (Å²) in [6, 6.07) is 22.9. The lowest BCUT2D eigenvalue weighted by Crippen LogP contribution is -2.32. The molecule has 0 saturated carbocycles. The van der Waals surface area contributed by atoms with Gasteiger partial charge in [0.25, 0.3) is 5.91 Å². The van der Waals surface area contributed by atoms with Crippen LogP contribution in [0.3, 0.4) is 0 Å². The molecule has 4 aromatic rings.